The molecule has 0 aromatic heterocycles. The lowest BCUT2D eigenvalue weighted by atomic mass is 10.0. The van der Waals surface area contributed by atoms with Crippen LogP contribution in [0.15, 0.2) is 30.3 Å². The Morgan fingerprint density at radius 2 is 1.79 bits per heavy atom. The Kier molecular flexibility index (Phi) is 7.71. The van der Waals surface area contributed by atoms with Crippen molar-refractivity contribution in [1.29, 1.82) is 0 Å². The van der Waals surface area contributed by atoms with Crippen molar-refractivity contribution in [2.24, 2.45) is 0 Å². The predicted octanol–water partition coefficient (Wildman–Crippen LogP) is 3.12. The molecule has 2 aliphatic heterocycles. The summed E-state index contributed by atoms with van der Waals surface area (Å²) in [6.07, 6.45) is 7.05. The van der Waals surface area contributed by atoms with Crippen molar-refractivity contribution in [2.75, 3.05) is 26.2 Å². The minimum Gasteiger partial charge on any atom is -0.481 e. The predicted molar refractivity (Wildman–Crippen MR) is 109 cm³/mol. The number of nitrogens with one attached hydrogen (secondary N) is 1. The smallest absolute Gasteiger partial charge is 0.317 e. The van der Waals surface area contributed by atoms with Gasteiger partial charge in [-0.25, -0.2) is 4.79 Å². The minimum absolute atomic E-state index is 0.0441. The van der Waals surface area contributed by atoms with Gasteiger partial charge in [-0.3, -0.25) is 9.69 Å². The van der Waals surface area contributed by atoms with Gasteiger partial charge in [0, 0.05) is 31.6 Å². The summed E-state index contributed by atoms with van der Waals surface area (Å²) in [7, 11) is 0. The molecule has 0 aliphatic carbocycles. The molecule has 2 N–H and O–H groups in total. The fourth-order valence-electron chi connectivity index (χ4n) is 4.40. The topological polar surface area (TPSA) is 72.9 Å². The van der Waals surface area contributed by atoms with Gasteiger partial charge in [-0.1, -0.05) is 36.8 Å². The Balaban J connectivity index is 1.60. The highest BCUT2D eigenvalue weighted by atomic mass is 16.4. The number of aliphatic carboxylic acids is 1. The van der Waals surface area contributed by atoms with E-state index in [1.165, 1.54) is 12.8 Å². The van der Waals surface area contributed by atoms with Crippen LogP contribution in [-0.4, -0.2) is 65.2 Å². The maximum absolute atomic E-state index is 13.0. The number of likely N-dealkylation sites (tertiary alicyclic amines) is 2. The largest absolute Gasteiger partial charge is 0.481 e. The van der Waals surface area contributed by atoms with Crippen LogP contribution in [0.2, 0.25) is 0 Å². The highest BCUT2D eigenvalue weighted by molar-refractivity contribution is 5.75. The van der Waals surface area contributed by atoms with E-state index in [-0.39, 0.29) is 18.5 Å². The third kappa shape index (κ3) is 6.23. The molecule has 1 aromatic carbocycles. The quantitative estimate of drug-likeness (QED) is 0.754. The number of carboxylic acid groups (broad SMARTS) is 1. The summed E-state index contributed by atoms with van der Waals surface area (Å²) in [5.41, 5.74) is 1.11. The molecule has 6 heteroatoms. The zero-order valence-electron chi connectivity index (χ0n) is 16.7. The summed E-state index contributed by atoms with van der Waals surface area (Å²) in [6.45, 7) is 3.86. The molecule has 1 aromatic rings. The Bertz CT molecular complexity index is 631. The number of rotatable bonds is 7. The summed E-state index contributed by atoms with van der Waals surface area (Å²) >= 11 is 0. The van der Waals surface area contributed by atoms with Gasteiger partial charge in [0.1, 0.15) is 0 Å². The first-order valence-corrected chi connectivity index (χ1v) is 10.7. The van der Waals surface area contributed by atoms with E-state index in [0.717, 1.165) is 51.0 Å². The minimum atomic E-state index is -0.823. The van der Waals surface area contributed by atoms with Crippen molar-refractivity contribution < 1.29 is 14.7 Å². The lowest BCUT2D eigenvalue weighted by Crippen LogP contribution is -2.50. The first-order valence-electron chi connectivity index (χ1n) is 10.7. The van der Waals surface area contributed by atoms with Gasteiger partial charge in [0.15, 0.2) is 0 Å². The van der Waals surface area contributed by atoms with Crippen molar-refractivity contribution in [2.45, 2.75) is 63.5 Å². The summed E-state index contributed by atoms with van der Waals surface area (Å²) in [6, 6.07) is 10.2. The van der Waals surface area contributed by atoms with Crippen LogP contribution in [0.5, 0.6) is 0 Å². The second-order valence-corrected chi connectivity index (χ2v) is 8.11. The van der Waals surface area contributed by atoms with E-state index in [0.29, 0.717) is 18.9 Å². The summed E-state index contributed by atoms with van der Waals surface area (Å²) in [5, 5.41) is 12.2. The second kappa shape index (κ2) is 10.5. The van der Waals surface area contributed by atoms with Gasteiger partial charge in [0.05, 0.1) is 0 Å². The molecule has 2 aliphatic rings. The molecule has 0 radical (unpaired) electrons. The Labute approximate surface area is 167 Å². The van der Waals surface area contributed by atoms with E-state index < -0.39 is 5.97 Å². The van der Waals surface area contributed by atoms with Crippen LogP contribution < -0.4 is 5.32 Å². The average Bonchev–Trinajstić information content (AvgIpc) is 3.11. The number of urea groups is 1. The number of benzene rings is 1. The Hall–Kier alpha value is -2.08. The molecule has 2 fully saturated rings. The lowest BCUT2D eigenvalue weighted by Gasteiger charge is -2.32. The number of carbonyl (C=O) groups excluding carboxylic acids is 1. The standard InChI is InChI=1S/C22H33N3O3/c26-21(27)12-11-19(16-18-8-2-1-3-9-18)23-22(28)25-15-5-4-10-20(17-25)24-13-6-7-14-24/h1-3,8-9,19-20H,4-7,10-17H2,(H,23,28)(H,26,27). The van der Waals surface area contributed by atoms with E-state index in [1.54, 1.807) is 0 Å². The van der Waals surface area contributed by atoms with Crippen molar-refractivity contribution in [3.05, 3.63) is 35.9 Å². The van der Waals surface area contributed by atoms with Gasteiger partial charge in [-0.15, -0.1) is 0 Å². The highest BCUT2D eigenvalue weighted by Crippen LogP contribution is 2.20. The third-order valence-electron chi connectivity index (χ3n) is 5.95. The highest BCUT2D eigenvalue weighted by Gasteiger charge is 2.28. The van der Waals surface area contributed by atoms with Crippen LogP contribution in [-0.2, 0) is 11.2 Å². The lowest BCUT2D eigenvalue weighted by molar-refractivity contribution is -0.137. The molecule has 2 heterocycles. The molecule has 0 bridgehead atoms. The molecule has 2 amide bonds. The van der Waals surface area contributed by atoms with Gasteiger partial charge in [-0.05, 0) is 57.2 Å². The molecule has 2 unspecified atom stereocenters. The summed E-state index contributed by atoms with van der Waals surface area (Å²) < 4.78 is 0. The molecule has 0 spiro atoms. The molecular formula is C22H33N3O3. The second-order valence-electron chi connectivity index (χ2n) is 8.11. The van der Waals surface area contributed by atoms with Crippen LogP contribution in [0.4, 0.5) is 4.79 Å². The van der Waals surface area contributed by atoms with Crippen LogP contribution in [0.25, 0.3) is 0 Å². The van der Waals surface area contributed by atoms with Crippen LogP contribution in [0.3, 0.4) is 0 Å². The van der Waals surface area contributed by atoms with Crippen molar-refractivity contribution in [3.63, 3.8) is 0 Å². The SMILES string of the molecule is O=C(O)CCC(Cc1ccccc1)NC(=O)N1CCCCC(N2CCCC2)C1. The summed E-state index contributed by atoms with van der Waals surface area (Å²) in [4.78, 5) is 28.5. The molecule has 2 saturated heterocycles. The monoisotopic (exact) mass is 387 g/mol. The maximum atomic E-state index is 13.0. The van der Waals surface area contributed by atoms with Gasteiger partial charge < -0.3 is 15.3 Å². The fourth-order valence-corrected chi connectivity index (χ4v) is 4.40. The Morgan fingerprint density at radius 1 is 1.07 bits per heavy atom. The van der Waals surface area contributed by atoms with E-state index in [9.17, 15) is 9.59 Å². The van der Waals surface area contributed by atoms with E-state index in [4.69, 9.17) is 5.11 Å². The molecule has 2 atom stereocenters. The molecule has 154 valence electrons. The zero-order chi connectivity index (χ0) is 19.8. The number of nitrogens with zero attached hydrogens (tertiary/aromatic N) is 2. The van der Waals surface area contributed by atoms with E-state index in [2.05, 4.69) is 10.2 Å². The fraction of sp³-hybridized carbons (Fsp3) is 0.636. The zero-order valence-corrected chi connectivity index (χ0v) is 16.7. The number of carbonyl (C=O) groups is 2. The molecular weight excluding hydrogens is 354 g/mol. The van der Waals surface area contributed by atoms with E-state index in [1.807, 2.05) is 35.2 Å². The number of hydrogen-bond donors (Lipinski definition) is 2. The molecule has 28 heavy (non-hydrogen) atoms. The number of amides is 2. The third-order valence-corrected chi connectivity index (χ3v) is 5.95. The van der Waals surface area contributed by atoms with E-state index >= 15 is 0 Å². The summed E-state index contributed by atoms with van der Waals surface area (Å²) in [5.74, 6) is -0.823. The Morgan fingerprint density at radius 3 is 2.50 bits per heavy atom. The molecule has 0 saturated carbocycles. The average molecular weight is 388 g/mol. The van der Waals surface area contributed by atoms with Gasteiger partial charge in [0.25, 0.3) is 0 Å². The first-order chi connectivity index (χ1) is 13.6. The van der Waals surface area contributed by atoms with Gasteiger partial charge in [-0.2, -0.15) is 0 Å². The maximum Gasteiger partial charge on any atom is 0.317 e. The van der Waals surface area contributed by atoms with Crippen LogP contribution in [0, 0.1) is 0 Å². The van der Waals surface area contributed by atoms with Crippen LogP contribution in [0.1, 0.15) is 50.5 Å². The number of hydrogen-bond acceptors (Lipinski definition) is 3. The number of carboxylic acids is 1. The molecule has 3 rings (SSSR count). The first kappa shape index (κ1) is 20.6. The van der Waals surface area contributed by atoms with Crippen molar-refractivity contribution in [1.82, 2.24) is 15.1 Å². The van der Waals surface area contributed by atoms with Crippen molar-refractivity contribution in [3.8, 4) is 0 Å². The van der Waals surface area contributed by atoms with Crippen LogP contribution >= 0.6 is 0 Å². The normalized spacial score (nSPS) is 21.9. The molecule has 6 nitrogen and oxygen atoms in total. The van der Waals surface area contributed by atoms with Crippen molar-refractivity contribution >= 4 is 12.0 Å². The van der Waals surface area contributed by atoms with Gasteiger partial charge in [0.2, 0.25) is 0 Å². The van der Waals surface area contributed by atoms with Gasteiger partial charge >= 0.3 is 12.0 Å².